The van der Waals surface area contributed by atoms with Crippen molar-refractivity contribution in [3.63, 3.8) is 0 Å². The predicted molar refractivity (Wildman–Crippen MR) is 48.8 cm³/mol. The minimum absolute atomic E-state index is 0.394. The number of carbonyl (C=O) groups excluding carboxylic acids is 1. The third-order valence-electron chi connectivity index (χ3n) is 2.55. The molecule has 1 aliphatic heterocycles. The molecule has 88 valence electrons. The summed E-state index contributed by atoms with van der Waals surface area (Å²) in [6.45, 7) is 1.03. The molecule has 1 aromatic heterocycles. The summed E-state index contributed by atoms with van der Waals surface area (Å²) in [6, 6.07) is 1.07. The largest absolute Gasteiger partial charge is 0.459 e. The van der Waals surface area contributed by atoms with Crippen LogP contribution in [0.3, 0.4) is 0 Å². The topological polar surface area (TPSA) is 33.5 Å². The molecular weight excluding hydrogens is 223 g/mol. The van der Waals surface area contributed by atoms with E-state index in [0.29, 0.717) is 13.1 Å². The predicted octanol–water partition coefficient (Wildman–Crippen LogP) is 2.53. The van der Waals surface area contributed by atoms with Gasteiger partial charge in [-0.05, 0) is 18.9 Å². The van der Waals surface area contributed by atoms with Gasteiger partial charge in [0.15, 0.2) is 0 Å². The number of halogens is 3. The SMILES string of the molecule is O=C(c1ccoc1C(F)(F)F)N1CCCC1. The first-order valence-corrected chi connectivity index (χ1v) is 4.94. The van der Waals surface area contributed by atoms with E-state index in [1.165, 1.54) is 4.90 Å². The van der Waals surface area contributed by atoms with E-state index in [1.807, 2.05) is 0 Å². The van der Waals surface area contributed by atoms with Crippen molar-refractivity contribution in [2.24, 2.45) is 0 Å². The molecule has 0 spiro atoms. The summed E-state index contributed by atoms with van der Waals surface area (Å²) in [6.07, 6.45) is -2.05. The molecule has 1 fully saturated rings. The Labute approximate surface area is 89.8 Å². The number of amides is 1. The minimum atomic E-state index is -4.62. The third-order valence-corrected chi connectivity index (χ3v) is 2.55. The van der Waals surface area contributed by atoms with Gasteiger partial charge in [-0.1, -0.05) is 0 Å². The Morgan fingerprint density at radius 1 is 1.31 bits per heavy atom. The van der Waals surface area contributed by atoms with Crippen molar-refractivity contribution in [2.45, 2.75) is 19.0 Å². The maximum Gasteiger partial charge on any atom is 0.450 e. The molecule has 16 heavy (non-hydrogen) atoms. The molecule has 2 heterocycles. The first-order valence-electron chi connectivity index (χ1n) is 4.94. The number of rotatable bonds is 1. The Balaban J connectivity index is 2.26. The minimum Gasteiger partial charge on any atom is -0.459 e. The normalized spacial score (nSPS) is 16.8. The van der Waals surface area contributed by atoms with Crippen LogP contribution in [-0.4, -0.2) is 23.9 Å². The lowest BCUT2D eigenvalue weighted by Crippen LogP contribution is -2.29. The summed E-state index contributed by atoms with van der Waals surface area (Å²) >= 11 is 0. The molecule has 0 aromatic carbocycles. The van der Waals surface area contributed by atoms with Crippen molar-refractivity contribution in [1.82, 2.24) is 4.90 Å². The van der Waals surface area contributed by atoms with Gasteiger partial charge in [0.05, 0.1) is 11.8 Å². The Kier molecular flexibility index (Phi) is 2.65. The number of likely N-dealkylation sites (tertiary alicyclic amines) is 1. The molecule has 0 aliphatic carbocycles. The van der Waals surface area contributed by atoms with E-state index in [0.717, 1.165) is 25.2 Å². The quantitative estimate of drug-likeness (QED) is 0.746. The number of carbonyl (C=O) groups is 1. The second-order valence-electron chi connectivity index (χ2n) is 3.66. The van der Waals surface area contributed by atoms with E-state index in [1.54, 1.807) is 0 Å². The molecule has 0 unspecified atom stereocenters. The number of alkyl halides is 3. The lowest BCUT2D eigenvalue weighted by atomic mass is 10.2. The smallest absolute Gasteiger partial charge is 0.450 e. The Morgan fingerprint density at radius 3 is 2.50 bits per heavy atom. The van der Waals surface area contributed by atoms with E-state index < -0.39 is 23.4 Å². The first-order chi connectivity index (χ1) is 7.50. The fraction of sp³-hybridized carbons (Fsp3) is 0.500. The summed E-state index contributed by atoms with van der Waals surface area (Å²) in [7, 11) is 0. The fourth-order valence-corrected chi connectivity index (χ4v) is 1.79. The van der Waals surface area contributed by atoms with Crippen molar-refractivity contribution >= 4 is 5.91 Å². The Hall–Kier alpha value is -1.46. The van der Waals surface area contributed by atoms with Gasteiger partial charge in [0.1, 0.15) is 0 Å². The van der Waals surface area contributed by atoms with Crippen LogP contribution in [0.5, 0.6) is 0 Å². The van der Waals surface area contributed by atoms with E-state index in [4.69, 9.17) is 0 Å². The van der Waals surface area contributed by atoms with Crippen LogP contribution >= 0.6 is 0 Å². The Bertz CT molecular complexity index is 391. The third kappa shape index (κ3) is 1.91. The maximum absolute atomic E-state index is 12.5. The van der Waals surface area contributed by atoms with Crippen LogP contribution in [0.1, 0.15) is 29.0 Å². The zero-order valence-electron chi connectivity index (χ0n) is 8.38. The first kappa shape index (κ1) is 11.0. The van der Waals surface area contributed by atoms with Crippen LogP contribution in [0.25, 0.3) is 0 Å². The van der Waals surface area contributed by atoms with Gasteiger partial charge in [0, 0.05) is 13.1 Å². The lowest BCUT2D eigenvalue weighted by molar-refractivity contribution is -0.153. The van der Waals surface area contributed by atoms with E-state index >= 15 is 0 Å². The van der Waals surface area contributed by atoms with E-state index in [-0.39, 0.29) is 0 Å². The van der Waals surface area contributed by atoms with Gasteiger partial charge >= 0.3 is 6.18 Å². The fourth-order valence-electron chi connectivity index (χ4n) is 1.79. The van der Waals surface area contributed by atoms with E-state index in [2.05, 4.69) is 4.42 Å². The number of hydrogen-bond donors (Lipinski definition) is 0. The molecule has 0 bridgehead atoms. The highest BCUT2D eigenvalue weighted by Gasteiger charge is 2.40. The molecule has 0 radical (unpaired) electrons. The molecule has 1 amide bonds. The van der Waals surface area contributed by atoms with Crippen LogP contribution in [0.4, 0.5) is 13.2 Å². The van der Waals surface area contributed by atoms with Crippen molar-refractivity contribution < 1.29 is 22.4 Å². The zero-order chi connectivity index (χ0) is 11.8. The van der Waals surface area contributed by atoms with Gasteiger partial charge in [0.2, 0.25) is 5.76 Å². The van der Waals surface area contributed by atoms with E-state index in [9.17, 15) is 18.0 Å². The second-order valence-corrected chi connectivity index (χ2v) is 3.66. The average molecular weight is 233 g/mol. The van der Waals surface area contributed by atoms with Crippen LogP contribution in [-0.2, 0) is 6.18 Å². The summed E-state index contributed by atoms with van der Waals surface area (Å²) < 4.78 is 41.7. The highest BCUT2D eigenvalue weighted by Crippen LogP contribution is 2.33. The van der Waals surface area contributed by atoms with Crippen molar-refractivity contribution in [3.05, 3.63) is 23.7 Å². The molecule has 3 nitrogen and oxygen atoms in total. The van der Waals surface area contributed by atoms with Gasteiger partial charge in [0.25, 0.3) is 5.91 Å². The molecule has 0 atom stereocenters. The molecular formula is C10H10F3NO2. The average Bonchev–Trinajstić information content (AvgIpc) is 2.87. The van der Waals surface area contributed by atoms with Gasteiger partial charge in [-0.25, -0.2) is 0 Å². The second kappa shape index (κ2) is 3.84. The molecule has 1 saturated heterocycles. The van der Waals surface area contributed by atoms with Gasteiger partial charge < -0.3 is 9.32 Å². The molecule has 6 heteroatoms. The molecule has 1 aliphatic rings. The van der Waals surface area contributed by atoms with Crippen LogP contribution in [0.15, 0.2) is 16.7 Å². The molecule has 0 saturated carbocycles. The van der Waals surface area contributed by atoms with Crippen molar-refractivity contribution in [2.75, 3.05) is 13.1 Å². The van der Waals surface area contributed by atoms with Crippen molar-refractivity contribution in [3.8, 4) is 0 Å². The summed E-state index contributed by atoms with van der Waals surface area (Å²) in [5, 5.41) is 0. The van der Waals surface area contributed by atoms with Gasteiger partial charge in [-0.2, -0.15) is 13.2 Å². The molecule has 0 N–H and O–H groups in total. The van der Waals surface area contributed by atoms with Crippen LogP contribution in [0.2, 0.25) is 0 Å². The summed E-state index contributed by atoms with van der Waals surface area (Å²) in [4.78, 5) is 13.2. The number of hydrogen-bond acceptors (Lipinski definition) is 2. The summed E-state index contributed by atoms with van der Waals surface area (Å²) in [5.74, 6) is -1.80. The summed E-state index contributed by atoms with van der Waals surface area (Å²) in [5.41, 5.74) is -0.394. The van der Waals surface area contributed by atoms with Crippen LogP contribution in [0, 0.1) is 0 Å². The van der Waals surface area contributed by atoms with Gasteiger partial charge in [-0.15, -0.1) is 0 Å². The maximum atomic E-state index is 12.5. The van der Waals surface area contributed by atoms with Crippen LogP contribution < -0.4 is 0 Å². The zero-order valence-corrected chi connectivity index (χ0v) is 8.38. The number of nitrogens with zero attached hydrogens (tertiary/aromatic N) is 1. The Morgan fingerprint density at radius 2 is 1.94 bits per heavy atom. The number of furan rings is 1. The highest BCUT2D eigenvalue weighted by molar-refractivity contribution is 5.95. The van der Waals surface area contributed by atoms with Gasteiger partial charge in [-0.3, -0.25) is 4.79 Å². The molecule has 1 aromatic rings. The molecule has 2 rings (SSSR count). The highest BCUT2D eigenvalue weighted by atomic mass is 19.4. The lowest BCUT2D eigenvalue weighted by Gasteiger charge is -2.15. The standard InChI is InChI=1S/C10H10F3NO2/c11-10(12,13)8-7(3-6-16-8)9(15)14-4-1-2-5-14/h3,6H,1-2,4-5H2. The van der Waals surface area contributed by atoms with Crippen molar-refractivity contribution in [1.29, 1.82) is 0 Å². The monoisotopic (exact) mass is 233 g/mol.